The number of esters is 1. The number of hydrogen-bond donors (Lipinski definition) is 0. The molecule has 1 aromatic carbocycles. The Hall–Kier alpha value is -2.31. The zero-order valence-corrected chi connectivity index (χ0v) is 17.0. The van der Waals surface area contributed by atoms with Crippen molar-refractivity contribution < 1.29 is 14.3 Å². The molecule has 1 aromatic heterocycles. The fourth-order valence-corrected chi connectivity index (χ4v) is 3.51. The van der Waals surface area contributed by atoms with Crippen LogP contribution < -0.4 is 4.90 Å². The molecule has 0 atom stereocenters. The number of aromatic nitrogens is 1. The van der Waals surface area contributed by atoms with E-state index in [4.69, 9.17) is 27.9 Å². The number of piperazine rings is 1. The van der Waals surface area contributed by atoms with Crippen LogP contribution in [0.3, 0.4) is 0 Å². The summed E-state index contributed by atoms with van der Waals surface area (Å²) in [6, 6.07) is 8.68. The number of rotatable bonds is 5. The van der Waals surface area contributed by atoms with Crippen LogP contribution in [0.25, 0.3) is 0 Å². The highest BCUT2D eigenvalue weighted by Gasteiger charge is 2.22. The Morgan fingerprint density at radius 3 is 2.46 bits per heavy atom. The van der Waals surface area contributed by atoms with Crippen LogP contribution in [0.4, 0.5) is 5.82 Å². The molecule has 3 rings (SSSR count). The molecule has 1 saturated heterocycles. The van der Waals surface area contributed by atoms with Crippen LogP contribution in [0, 0.1) is 0 Å². The molecule has 0 aliphatic carbocycles. The van der Waals surface area contributed by atoms with Gasteiger partial charge in [0, 0.05) is 42.4 Å². The molecule has 8 heteroatoms. The van der Waals surface area contributed by atoms with Gasteiger partial charge in [-0.3, -0.25) is 4.79 Å². The monoisotopic (exact) mass is 421 g/mol. The van der Waals surface area contributed by atoms with Gasteiger partial charge in [0.05, 0.1) is 18.6 Å². The predicted molar refractivity (Wildman–Crippen MR) is 109 cm³/mol. The van der Waals surface area contributed by atoms with Crippen LogP contribution in [0.5, 0.6) is 0 Å². The predicted octanol–water partition coefficient (Wildman–Crippen LogP) is 3.46. The van der Waals surface area contributed by atoms with E-state index in [1.54, 1.807) is 37.3 Å². The van der Waals surface area contributed by atoms with Gasteiger partial charge in [-0.1, -0.05) is 29.3 Å². The van der Waals surface area contributed by atoms with E-state index < -0.39 is 0 Å². The lowest BCUT2D eigenvalue weighted by Crippen LogP contribution is -2.49. The number of amides is 1. The van der Waals surface area contributed by atoms with Crippen molar-refractivity contribution in [3.63, 3.8) is 0 Å². The first kappa shape index (κ1) is 20.4. The van der Waals surface area contributed by atoms with Crippen LogP contribution >= 0.6 is 23.2 Å². The SMILES string of the molecule is CCOC(=O)c1ccc(N2CCN(C(=O)Cc3ccc(Cl)cc3Cl)CC2)nc1. The standard InChI is InChI=1S/C20H21Cl2N3O3/c1-2-28-20(27)15-4-6-18(23-13-15)24-7-9-25(10-8-24)19(26)11-14-3-5-16(21)12-17(14)22/h3-6,12-13H,2,7-11H2,1H3. The second-order valence-electron chi connectivity index (χ2n) is 6.41. The number of anilines is 1. The lowest BCUT2D eigenvalue weighted by atomic mass is 10.1. The molecule has 2 heterocycles. The van der Waals surface area contributed by atoms with Gasteiger partial charge in [0.2, 0.25) is 5.91 Å². The smallest absolute Gasteiger partial charge is 0.339 e. The molecule has 1 aliphatic heterocycles. The van der Waals surface area contributed by atoms with Crippen molar-refractivity contribution in [1.29, 1.82) is 0 Å². The number of hydrogen-bond acceptors (Lipinski definition) is 5. The van der Waals surface area contributed by atoms with Crippen molar-refractivity contribution in [2.45, 2.75) is 13.3 Å². The van der Waals surface area contributed by atoms with E-state index in [-0.39, 0.29) is 18.3 Å². The molecule has 0 unspecified atom stereocenters. The summed E-state index contributed by atoms with van der Waals surface area (Å²) in [5.41, 5.74) is 1.20. The number of carbonyl (C=O) groups excluding carboxylic acids is 2. The van der Waals surface area contributed by atoms with Crippen LogP contribution in [0.15, 0.2) is 36.5 Å². The minimum absolute atomic E-state index is 0.0366. The van der Waals surface area contributed by atoms with Gasteiger partial charge < -0.3 is 14.5 Å². The summed E-state index contributed by atoms with van der Waals surface area (Å²) in [5, 5.41) is 1.06. The van der Waals surface area contributed by atoms with Crippen LogP contribution in [0.1, 0.15) is 22.8 Å². The van der Waals surface area contributed by atoms with Crippen molar-refractivity contribution in [3.05, 3.63) is 57.7 Å². The normalized spacial score (nSPS) is 14.1. The lowest BCUT2D eigenvalue weighted by Gasteiger charge is -2.35. The van der Waals surface area contributed by atoms with Crippen molar-refractivity contribution in [2.24, 2.45) is 0 Å². The molecule has 6 nitrogen and oxygen atoms in total. The second kappa shape index (κ2) is 9.26. The van der Waals surface area contributed by atoms with Crippen molar-refractivity contribution in [2.75, 3.05) is 37.7 Å². The summed E-state index contributed by atoms with van der Waals surface area (Å²) >= 11 is 12.1. The Kier molecular flexibility index (Phi) is 6.75. The van der Waals surface area contributed by atoms with Crippen LogP contribution in [-0.4, -0.2) is 54.5 Å². The maximum atomic E-state index is 12.6. The summed E-state index contributed by atoms with van der Waals surface area (Å²) in [4.78, 5) is 32.6. The Balaban J connectivity index is 1.55. The molecular formula is C20H21Cl2N3O3. The van der Waals surface area contributed by atoms with Gasteiger partial charge in [0.1, 0.15) is 5.82 Å². The van der Waals surface area contributed by atoms with E-state index in [1.165, 1.54) is 6.20 Å². The molecule has 0 bridgehead atoms. The maximum absolute atomic E-state index is 12.6. The van der Waals surface area contributed by atoms with E-state index >= 15 is 0 Å². The molecule has 0 saturated carbocycles. The third kappa shape index (κ3) is 4.94. The highest BCUT2D eigenvalue weighted by molar-refractivity contribution is 6.35. The summed E-state index contributed by atoms with van der Waals surface area (Å²) in [6.07, 6.45) is 1.77. The lowest BCUT2D eigenvalue weighted by molar-refractivity contribution is -0.130. The third-order valence-corrected chi connectivity index (χ3v) is 5.16. The second-order valence-corrected chi connectivity index (χ2v) is 7.25. The first-order valence-corrected chi connectivity index (χ1v) is 9.83. The zero-order valence-electron chi connectivity index (χ0n) is 15.5. The Morgan fingerprint density at radius 1 is 1.11 bits per heavy atom. The number of ether oxygens (including phenoxy) is 1. The van der Waals surface area contributed by atoms with E-state index in [0.29, 0.717) is 48.4 Å². The molecule has 1 amide bonds. The number of carbonyl (C=O) groups is 2. The number of benzene rings is 1. The minimum atomic E-state index is -0.377. The number of nitrogens with zero attached hydrogens (tertiary/aromatic N) is 3. The van der Waals surface area contributed by atoms with Crippen molar-refractivity contribution in [3.8, 4) is 0 Å². The van der Waals surface area contributed by atoms with Gasteiger partial charge in [-0.15, -0.1) is 0 Å². The zero-order chi connectivity index (χ0) is 20.1. The first-order chi connectivity index (χ1) is 13.5. The van der Waals surface area contributed by atoms with E-state index in [1.807, 2.05) is 4.90 Å². The average Bonchev–Trinajstić information content (AvgIpc) is 2.70. The largest absolute Gasteiger partial charge is 0.462 e. The van der Waals surface area contributed by atoms with E-state index in [2.05, 4.69) is 9.88 Å². The Bertz CT molecular complexity index is 850. The van der Waals surface area contributed by atoms with Gasteiger partial charge >= 0.3 is 5.97 Å². The molecule has 0 spiro atoms. The fraction of sp³-hybridized carbons (Fsp3) is 0.350. The van der Waals surface area contributed by atoms with E-state index in [0.717, 1.165) is 11.4 Å². The fourth-order valence-electron chi connectivity index (χ4n) is 3.03. The van der Waals surface area contributed by atoms with Gasteiger partial charge in [-0.25, -0.2) is 9.78 Å². The van der Waals surface area contributed by atoms with Crippen LogP contribution in [0.2, 0.25) is 10.0 Å². The summed E-state index contributed by atoms with van der Waals surface area (Å²) in [5.74, 6) is 0.438. The highest BCUT2D eigenvalue weighted by atomic mass is 35.5. The average molecular weight is 422 g/mol. The number of pyridine rings is 1. The topological polar surface area (TPSA) is 62.7 Å². The highest BCUT2D eigenvalue weighted by Crippen LogP contribution is 2.22. The summed E-state index contributed by atoms with van der Waals surface area (Å²) in [6.45, 7) is 4.65. The van der Waals surface area contributed by atoms with Crippen molar-refractivity contribution in [1.82, 2.24) is 9.88 Å². The van der Waals surface area contributed by atoms with Gasteiger partial charge in [0.25, 0.3) is 0 Å². The maximum Gasteiger partial charge on any atom is 0.339 e. The molecule has 2 aromatic rings. The Labute approximate surface area is 174 Å². The summed E-state index contributed by atoms with van der Waals surface area (Å²) in [7, 11) is 0. The molecular weight excluding hydrogens is 401 g/mol. The van der Waals surface area contributed by atoms with Crippen molar-refractivity contribution >= 4 is 40.9 Å². The minimum Gasteiger partial charge on any atom is -0.462 e. The third-order valence-electron chi connectivity index (χ3n) is 4.57. The van der Waals surface area contributed by atoms with Gasteiger partial charge in [-0.05, 0) is 36.8 Å². The summed E-state index contributed by atoms with van der Waals surface area (Å²) < 4.78 is 4.96. The molecule has 0 radical (unpaired) electrons. The molecule has 0 N–H and O–H groups in total. The molecule has 28 heavy (non-hydrogen) atoms. The number of halogens is 2. The van der Waals surface area contributed by atoms with Gasteiger partial charge in [-0.2, -0.15) is 0 Å². The quantitative estimate of drug-likeness (QED) is 0.691. The molecule has 1 aliphatic rings. The van der Waals surface area contributed by atoms with Gasteiger partial charge in [0.15, 0.2) is 0 Å². The molecule has 1 fully saturated rings. The first-order valence-electron chi connectivity index (χ1n) is 9.07. The molecule has 148 valence electrons. The Morgan fingerprint density at radius 2 is 1.86 bits per heavy atom. The van der Waals surface area contributed by atoms with E-state index in [9.17, 15) is 9.59 Å². The van der Waals surface area contributed by atoms with Crippen LogP contribution in [-0.2, 0) is 16.0 Å².